The third kappa shape index (κ3) is 8.59. The molecule has 1 heterocycles. The molecule has 0 aliphatic carbocycles. The number of likely N-dealkylation sites (tertiary alicyclic amines) is 1. The summed E-state index contributed by atoms with van der Waals surface area (Å²) in [5, 5.41) is 6.62. The summed E-state index contributed by atoms with van der Waals surface area (Å²) in [6.07, 6.45) is 1.48. The number of halogens is 1. The second-order valence-electron chi connectivity index (χ2n) is 6.36. The fraction of sp³-hybridized carbons (Fsp3) is 0.579. The van der Waals surface area contributed by atoms with Crippen LogP contribution in [0.2, 0.25) is 0 Å². The SMILES string of the molecule is CCNC(=NCCS(=O)Cc1ccccc1)NC1CCN(C(=O)CC)C1.I. The van der Waals surface area contributed by atoms with Crippen molar-refractivity contribution in [3.05, 3.63) is 35.9 Å². The second kappa shape index (κ2) is 13.1. The van der Waals surface area contributed by atoms with Gasteiger partial charge >= 0.3 is 0 Å². The number of carbonyl (C=O) groups is 1. The minimum atomic E-state index is -0.924. The maximum Gasteiger partial charge on any atom is 0.222 e. The minimum absolute atomic E-state index is 0. The number of benzene rings is 1. The summed E-state index contributed by atoms with van der Waals surface area (Å²) in [6.45, 7) is 6.71. The van der Waals surface area contributed by atoms with Crippen LogP contribution in [0.5, 0.6) is 0 Å². The van der Waals surface area contributed by atoms with Gasteiger partial charge in [-0.25, -0.2) is 0 Å². The number of nitrogens with zero attached hydrogens (tertiary/aromatic N) is 2. The van der Waals surface area contributed by atoms with Gasteiger partial charge in [0.1, 0.15) is 0 Å². The zero-order valence-corrected chi connectivity index (χ0v) is 19.3. The normalized spacial score (nSPS) is 17.9. The molecule has 2 atom stereocenters. The van der Waals surface area contributed by atoms with Gasteiger partial charge in [0.05, 0.1) is 6.54 Å². The third-order valence-electron chi connectivity index (χ3n) is 4.29. The lowest BCUT2D eigenvalue weighted by Gasteiger charge is -2.18. The first-order valence-electron chi connectivity index (χ1n) is 9.33. The molecule has 2 unspecified atom stereocenters. The predicted octanol–water partition coefficient (Wildman–Crippen LogP) is 2.12. The Balaban J connectivity index is 0.00000364. The lowest BCUT2D eigenvalue weighted by molar-refractivity contribution is -0.129. The number of guanidine groups is 1. The molecule has 1 fully saturated rings. The minimum Gasteiger partial charge on any atom is -0.357 e. The molecule has 1 aliphatic rings. The van der Waals surface area contributed by atoms with Crippen molar-refractivity contribution in [2.75, 3.05) is 31.9 Å². The zero-order valence-electron chi connectivity index (χ0n) is 16.1. The van der Waals surface area contributed by atoms with Crippen LogP contribution in [0.25, 0.3) is 0 Å². The van der Waals surface area contributed by atoms with Gasteiger partial charge in [-0.1, -0.05) is 37.3 Å². The summed E-state index contributed by atoms with van der Waals surface area (Å²) in [5.41, 5.74) is 1.09. The van der Waals surface area contributed by atoms with E-state index in [9.17, 15) is 9.00 Å². The van der Waals surface area contributed by atoms with Crippen LogP contribution in [0, 0.1) is 0 Å². The van der Waals surface area contributed by atoms with Gasteiger partial charge in [-0.15, -0.1) is 24.0 Å². The summed E-state index contributed by atoms with van der Waals surface area (Å²) >= 11 is 0. The Morgan fingerprint density at radius 2 is 2.04 bits per heavy atom. The van der Waals surface area contributed by atoms with Crippen molar-refractivity contribution in [1.29, 1.82) is 0 Å². The van der Waals surface area contributed by atoms with Crippen LogP contribution in [-0.2, 0) is 21.3 Å². The average molecular weight is 506 g/mol. The van der Waals surface area contributed by atoms with Gasteiger partial charge in [-0.05, 0) is 18.9 Å². The zero-order chi connectivity index (χ0) is 18.8. The van der Waals surface area contributed by atoms with Gasteiger partial charge in [0.2, 0.25) is 5.91 Å². The molecule has 1 aromatic carbocycles. The molecule has 1 aliphatic heterocycles. The molecule has 0 saturated carbocycles. The smallest absolute Gasteiger partial charge is 0.222 e. The molecule has 1 amide bonds. The highest BCUT2D eigenvalue weighted by Crippen LogP contribution is 2.10. The number of aliphatic imine (C=N–C) groups is 1. The van der Waals surface area contributed by atoms with Crippen molar-refractivity contribution in [3.63, 3.8) is 0 Å². The van der Waals surface area contributed by atoms with Gasteiger partial charge in [-0.3, -0.25) is 14.0 Å². The van der Waals surface area contributed by atoms with Crippen LogP contribution in [0.4, 0.5) is 0 Å². The molecule has 1 saturated heterocycles. The molecular formula is C19H31IN4O2S. The highest BCUT2D eigenvalue weighted by atomic mass is 127. The van der Waals surface area contributed by atoms with Crippen molar-refractivity contribution in [3.8, 4) is 0 Å². The molecule has 2 N–H and O–H groups in total. The topological polar surface area (TPSA) is 73.8 Å². The number of amides is 1. The van der Waals surface area contributed by atoms with Gasteiger partial charge in [-0.2, -0.15) is 0 Å². The monoisotopic (exact) mass is 506 g/mol. The number of rotatable bonds is 8. The van der Waals surface area contributed by atoms with Gasteiger partial charge in [0.15, 0.2) is 5.96 Å². The summed E-state index contributed by atoms with van der Waals surface area (Å²) in [4.78, 5) is 18.2. The molecule has 0 aromatic heterocycles. The molecule has 8 heteroatoms. The van der Waals surface area contributed by atoms with Crippen molar-refractivity contribution < 1.29 is 9.00 Å². The number of hydrogen-bond donors (Lipinski definition) is 2. The van der Waals surface area contributed by atoms with Crippen LogP contribution in [-0.4, -0.2) is 58.9 Å². The first-order valence-corrected chi connectivity index (χ1v) is 10.8. The predicted molar refractivity (Wildman–Crippen MR) is 123 cm³/mol. The fourth-order valence-corrected chi connectivity index (χ4v) is 3.94. The van der Waals surface area contributed by atoms with Gasteiger partial charge in [0.25, 0.3) is 0 Å². The molecule has 0 bridgehead atoms. The van der Waals surface area contributed by atoms with Crippen molar-refractivity contribution in [1.82, 2.24) is 15.5 Å². The van der Waals surface area contributed by atoms with E-state index >= 15 is 0 Å². The van der Waals surface area contributed by atoms with Crippen molar-refractivity contribution >= 4 is 46.6 Å². The first-order chi connectivity index (χ1) is 12.6. The number of carbonyl (C=O) groups excluding carboxylic acids is 1. The second-order valence-corrected chi connectivity index (χ2v) is 7.93. The Bertz CT molecular complexity index is 627. The van der Waals surface area contributed by atoms with E-state index in [-0.39, 0.29) is 35.9 Å². The quantitative estimate of drug-likeness (QED) is 0.322. The van der Waals surface area contributed by atoms with E-state index in [1.165, 1.54) is 0 Å². The van der Waals surface area contributed by atoms with Crippen LogP contribution >= 0.6 is 24.0 Å². The van der Waals surface area contributed by atoms with E-state index in [0.717, 1.165) is 37.6 Å². The summed E-state index contributed by atoms with van der Waals surface area (Å²) in [6, 6.07) is 10.1. The average Bonchev–Trinajstić information content (AvgIpc) is 3.10. The van der Waals surface area contributed by atoms with E-state index < -0.39 is 10.8 Å². The van der Waals surface area contributed by atoms with E-state index in [1.807, 2.05) is 49.1 Å². The molecule has 0 radical (unpaired) electrons. The highest BCUT2D eigenvalue weighted by molar-refractivity contribution is 14.0. The van der Waals surface area contributed by atoms with E-state index in [0.29, 0.717) is 24.5 Å². The Hall–Kier alpha value is -1.16. The fourth-order valence-electron chi connectivity index (χ4n) is 2.93. The molecule has 2 rings (SSSR count). The molecule has 0 spiro atoms. The molecular weight excluding hydrogens is 475 g/mol. The first kappa shape index (κ1) is 23.9. The van der Waals surface area contributed by atoms with Crippen LogP contribution in [0.1, 0.15) is 32.3 Å². The van der Waals surface area contributed by atoms with Crippen LogP contribution in [0.15, 0.2) is 35.3 Å². The van der Waals surface area contributed by atoms with E-state index in [1.54, 1.807) is 0 Å². The lowest BCUT2D eigenvalue weighted by atomic mass is 10.2. The van der Waals surface area contributed by atoms with E-state index in [4.69, 9.17) is 0 Å². The Morgan fingerprint density at radius 3 is 2.70 bits per heavy atom. The van der Waals surface area contributed by atoms with Crippen LogP contribution in [0.3, 0.4) is 0 Å². The Kier molecular flexibility index (Phi) is 11.6. The number of nitrogens with one attached hydrogen (secondary N) is 2. The molecule has 6 nitrogen and oxygen atoms in total. The third-order valence-corrected chi connectivity index (χ3v) is 5.58. The lowest BCUT2D eigenvalue weighted by Crippen LogP contribution is -2.45. The standard InChI is InChI=1S/C19H30N4O2S.HI/c1-3-18(24)23-12-10-17(14-23)22-19(20-4-2)21-11-13-26(25)15-16-8-6-5-7-9-16;/h5-9,17H,3-4,10-15H2,1-2H3,(H2,20,21,22);1H. The number of hydrogen-bond acceptors (Lipinski definition) is 3. The van der Waals surface area contributed by atoms with Crippen LogP contribution < -0.4 is 10.6 Å². The van der Waals surface area contributed by atoms with Gasteiger partial charge in [0, 0.05) is 54.4 Å². The largest absolute Gasteiger partial charge is 0.357 e. The molecule has 1 aromatic rings. The summed E-state index contributed by atoms with van der Waals surface area (Å²) in [7, 11) is -0.924. The van der Waals surface area contributed by atoms with Crippen molar-refractivity contribution in [2.45, 2.75) is 38.5 Å². The van der Waals surface area contributed by atoms with E-state index in [2.05, 4.69) is 15.6 Å². The summed E-state index contributed by atoms with van der Waals surface area (Å²) < 4.78 is 12.2. The Morgan fingerprint density at radius 1 is 1.30 bits per heavy atom. The summed E-state index contributed by atoms with van der Waals surface area (Å²) in [5.74, 6) is 2.04. The molecule has 152 valence electrons. The Labute approximate surface area is 182 Å². The van der Waals surface area contributed by atoms with Gasteiger partial charge < -0.3 is 15.5 Å². The van der Waals surface area contributed by atoms with Crippen molar-refractivity contribution in [2.24, 2.45) is 4.99 Å². The maximum absolute atomic E-state index is 12.2. The highest BCUT2D eigenvalue weighted by Gasteiger charge is 2.25. The molecule has 27 heavy (non-hydrogen) atoms. The maximum atomic E-state index is 12.2.